The first-order valence-corrected chi connectivity index (χ1v) is 10.9. The maximum atomic E-state index is 12.7. The number of rotatable bonds is 10. The smallest absolute Gasteiger partial charge is 0.239 e. The van der Waals surface area contributed by atoms with Gasteiger partial charge in [-0.15, -0.1) is 11.3 Å². The number of hydrogen-bond acceptors (Lipinski definition) is 7. The van der Waals surface area contributed by atoms with Gasteiger partial charge in [-0.2, -0.15) is 0 Å². The molecule has 0 aromatic carbocycles. The summed E-state index contributed by atoms with van der Waals surface area (Å²) in [5, 5.41) is 7.78. The fraction of sp³-hybridized carbons (Fsp3) is 0.684. The first-order chi connectivity index (χ1) is 14.1. The lowest BCUT2D eigenvalue weighted by atomic mass is 10.2. The maximum Gasteiger partial charge on any atom is 0.239 e. The van der Waals surface area contributed by atoms with Gasteiger partial charge >= 0.3 is 0 Å². The predicted octanol–water partition coefficient (Wildman–Crippen LogP) is 1.16. The Labute approximate surface area is 174 Å². The van der Waals surface area contributed by atoms with Crippen molar-refractivity contribution in [3.8, 4) is 0 Å². The van der Waals surface area contributed by atoms with E-state index in [9.17, 15) is 14.4 Å². The van der Waals surface area contributed by atoms with E-state index in [0.717, 1.165) is 32.3 Å². The number of carbonyl (C=O) groups is 3. The summed E-state index contributed by atoms with van der Waals surface area (Å²) in [6.45, 7) is 2.18. The Morgan fingerprint density at radius 2 is 1.86 bits per heavy atom. The zero-order valence-corrected chi connectivity index (χ0v) is 17.2. The van der Waals surface area contributed by atoms with Crippen LogP contribution < -0.4 is 10.6 Å². The molecular weight excluding hydrogens is 396 g/mol. The van der Waals surface area contributed by atoms with Gasteiger partial charge in [0.1, 0.15) is 0 Å². The average molecular weight is 425 g/mol. The highest BCUT2D eigenvalue weighted by Crippen LogP contribution is 2.15. The van der Waals surface area contributed by atoms with Gasteiger partial charge in [-0.05, 0) is 25.7 Å². The number of thiazole rings is 1. The van der Waals surface area contributed by atoms with Gasteiger partial charge in [0.2, 0.25) is 17.7 Å². The number of carbonyl (C=O) groups excluding carboxylic acids is 3. The monoisotopic (exact) mass is 424 g/mol. The Kier molecular flexibility index (Phi) is 8.38. The highest BCUT2D eigenvalue weighted by Gasteiger charge is 2.25. The van der Waals surface area contributed by atoms with Crippen LogP contribution in [0.1, 0.15) is 38.5 Å². The summed E-state index contributed by atoms with van der Waals surface area (Å²) in [7, 11) is 0. The number of aromatic nitrogens is 1. The number of amides is 3. The van der Waals surface area contributed by atoms with Crippen molar-refractivity contribution < 1.29 is 23.9 Å². The van der Waals surface area contributed by atoms with Crippen molar-refractivity contribution in [2.75, 3.05) is 38.2 Å². The fourth-order valence-electron chi connectivity index (χ4n) is 3.40. The molecule has 0 radical (unpaired) electrons. The van der Waals surface area contributed by atoms with Crippen LogP contribution in [0.5, 0.6) is 0 Å². The molecule has 0 bridgehead atoms. The normalized spacial score (nSPS) is 21.1. The summed E-state index contributed by atoms with van der Waals surface area (Å²) in [6, 6.07) is 0. The molecule has 160 valence electrons. The summed E-state index contributed by atoms with van der Waals surface area (Å²) < 4.78 is 11.1. The van der Waals surface area contributed by atoms with Crippen LogP contribution >= 0.6 is 11.3 Å². The number of nitrogens with one attached hydrogen (secondary N) is 2. The van der Waals surface area contributed by atoms with Gasteiger partial charge < -0.3 is 25.0 Å². The van der Waals surface area contributed by atoms with Gasteiger partial charge in [0, 0.05) is 50.7 Å². The van der Waals surface area contributed by atoms with Crippen molar-refractivity contribution in [1.82, 2.24) is 15.2 Å². The molecule has 29 heavy (non-hydrogen) atoms. The van der Waals surface area contributed by atoms with Gasteiger partial charge in [-0.3, -0.25) is 14.4 Å². The first kappa shape index (κ1) is 21.7. The predicted molar refractivity (Wildman–Crippen MR) is 108 cm³/mol. The first-order valence-electron chi connectivity index (χ1n) is 10.1. The molecule has 0 spiro atoms. The Hall–Kier alpha value is -2.04. The van der Waals surface area contributed by atoms with E-state index in [-0.39, 0.29) is 49.3 Å². The van der Waals surface area contributed by atoms with Gasteiger partial charge in [-0.25, -0.2) is 4.98 Å². The lowest BCUT2D eigenvalue weighted by Gasteiger charge is -2.25. The third-order valence-corrected chi connectivity index (χ3v) is 5.62. The van der Waals surface area contributed by atoms with Crippen LogP contribution in [0.25, 0.3) is 0 Å². The fourth-order valence-corrected chi connectivity index (χ4v) is 3.94. The van der Waals surface area contributed by atoms with Crippen LogP contribution in [0.15, 0.2) is 11.6 Å². The minimum absolute atomic E-state index is 0.0307. The zero-order chi connectivity index (χ0) is 20.5. The second kappa shape index (κ2) is 11.2. The van der Waals surface area contributed by atoms with Crippen LogP contribution in [0.4, 0.5) is 5.13 Å². The third kappa shape index (κ3) is 7.37. The van der Waals surface area contributed by atoms with E-state index < -0.39 is 0 Å². The largest absolute Gasteiger partial charge is 0.376 e. The lowest BCUT2D eigenvalue weighted by molar-refractivity contribution is -0.138. The van der Waals surface area contributed by atoms with Crippen molar-refractivity contribution in [2.24, 2.45) is 0 Å². The highest BCUT2D eigenvalue weighted by atomic mass is 32.1. The topological polar surface area (TPSA) is 110 Å². The molecule has 0 saturated carbocycles. The standard InChI is InChI=1S/C19H28N4O5S/c24-16(22-19-20-7-10-29-19)5-6-18(26)23(12-15-4-2-9-28-15)13-17(25)21-11-14-3-1-8-27-14/h7,10,14-15H,1-6,8-9,11-13H2,(H,21,25)(H,20,22,24)/t14-,15-/m1/s1. The molecular formula is C19H28N4O5S. The lowest BCUT2D eigenvalue weighted by Crippen LogP contribution is -2.45. The Bertz CT molecular complexity index is 672. The number of anilines is 1. The van der Waals surface area contributed by atoms with E-state index in [1.807, 2.05) is 0 Å². The molecule has 0 unspecified atom stereocenters. The van der Waals surface area contributed by atoms with Gasteiger partial charge in [0.05, 0.1) is 18.8 Å². The molecule has 1 aromatic rings. The Balaban J connectivity index is 1.47. The summed E-state index contributed by atoms with van der Waals surface area (Å²) >= 11 is 1.32. The van der Waals surface area contributed by atoms with Gasteiger partial charge in [0.15, 0.2) is 5.13 Å². The molecule has 2 fully saturated rings. The summed E-state index contributed by atoms with van der Waals surface area (Å²) in [4.78, 5) is 42.6. The molecule has 3 amide bonds. The summed E-state index contributed by atoms with van der Waals surface area (Å²) in [6.07, 6.45) is 5.43. The minimum atomic E-state index is -0.270. The molecule has 1 aromatic heterocycles. The van der Waals surface area contributed by atoms with Crippen LogP contribution in [0.3, 0.4) is 0 Å². The molecule has 9 nitrogen and oxygen atoms in total. The van der Waals surface area contributed by atoms with Crippen LogP contribution in [0, 0.1) is 0 Å². The third-order valence-electron chi connectivity index (χ3n) is 4.93. The maximum absolute atomic E-state index is 12.7. The van der Waals surface area contributed by atoms with E-state index in [1.54, 1.807) is 11.6 Å². The second-order valence-electron chi connectivity index (χ2n) is 7.23. The van der Waals surface area contributed by atoms with Crippen molar-refractivity contribution in [3.05, 3.63) is 11.6 Å². The van der Waals surface area contributed by atoms with Gasteiger partial charge in [-0.1, -0.05) is 0 Å². The zero-order valence-electron chi connectivity index (χ0n) is 16.4. The van der Waals surface area contributed by atoms with E-state index in [4.69, 9.17) is 9.47 Å². The van der Waals surface area contributed by atoms with Crippen molar-refractivity contribution in [3.63, 3.8) is 0 Å². The molecule has 2 atom stereocenters. The van der Waals surface area contributed by atoms with Crippen molar-refractivity contribution in [2.45, 2.75) is 50.7 Å². The molecule has 2 aliphatic rings. The van der Waals surface area contributed by atoms with Crippen molar-refractivity contribution in [1.29, 1.82) is 0 Å². The Morgan fingerprint density at radius 3 is 2.52 bits per heavy atom. The van der Waals surface area contributed by atoms with Gasteiger partial charge in [0.25, 0.3) is 0 Å². The highest BCUT2D eigenvalue weighted by molar-refractivity contribution is 7.13. The molecule has 2 aliphatic heterocycles. The summed E-state index contributed by atoms with van der Waals surface area (Å²) in [5.41, 5.74) is 0. The number of hydrogen-bond donors (Lipinski definition) is 2. The molecule has 0 aliphatic carbocycles. The molecule has 3 rings (SSSR count). The number of nitrogens with zero attached hydrogens (tertiary/aromatic N) is 2. The number of ether oxygens (including phenoxy) is 2. The second-order valence-corrected chi connectivity index (χ2v) is 8.13. The van der Waals surface area contributed by atoms with E-state index >= 15 is 0 Å². The summed E-state index contributed by atoms with van der Waals surface area (Å²) in [5.74, 6) is -0.727. The SMILES string of the molecule is O=C(CN(C[C@H]1CCCO1)C(=O)CCC(=O)Nc1nccs1)NC[C@H]1CCCO1. The quantitative estimate of drug-likeness (QED) is 0.583. The van der Waals surface area contributed by atoms with Crippen LogP contribution in [0.2, 0.25) is 0 Å². The average Bonchev–Trinajstić information content (AvgIpc) is 3.47. The molecule has 3 heterocycles. The molecule has 2 N–H and O–H groups in total. The van der Waals surface area contributed by atoms with Crippen LogP contribution in [-0.2, 0) is 23.9 Å². The minimum Gasteiger partial charge on any atom is -0.376 e. The molecule has 2 saturated heterocycles. The van der Waals surface area contributed by atoms with E-state index in [1.165, 1.54) is 16.2 Å². The van der Waals surface area contributed by atoms with E-state index in [0.29, 0.717) is 24.8 Å². The van der Waals surface area contributed by atoms with Crippen molar-refractivity contribution >= 4 is 34.2 Å². The Morgan fingerprint density at radius 1 is 1.10 bits per heavy atom. The van der Waals surface area contributed by atoms with E-state index in [2.05, 4.69) is 15.6 Å². The molecule has 10 heteroatoms. The van der Waals surface area contributed by atoms with Crippen LogP contribution in [-0.4, -0.2) is 72.7 Å².